The summed E-state index contributed by atoms with van der Waals surface area (Å²) < 4.78 is 5.82. The molecule has 0 aliphatic carbocycles. The number of carbonyl (C=O) groups is 1. The van der Waals surface area contributed by atoms with Crippen LogP contribution in [-0.4, -0.2) is 36.1 Å². The van der Waals surface area contributed by atoms with E-state index in [1.54, 1.807) is 17.4 Å². The van der Waals surface area contributed by atoms with Crippen LogP contribution in [0.2, 0.25) is 0 Å². The molecule has 1 aliphatic heterocycles. The van der Waals surface area contributed by atoms with E-state index in [0.717, 1.165) is 30.1 Å². The summed E-state index contributed by atoms with van der Waals surface area (Å²) in [4.78, 5) is 15.6. The van der Waals surface area contributed by atoms with Crippen molar-refractivity contribution in [3.63, 3.8) is 0 Å². The highest BCUT2D eigenvalue weighted by atomic mass is 32.1. The van der Waals surface area contributed by atoms with Gasteiger partial charge in [-0.3, -0.25) is 9.69 Å². The molecule has 1 aliphatic rings. The van der Waals surface area contributed by atoms with E-state index < -0.39 is 0 Å². The lowest BCUT2D eigenvalue weighted by Gasteiger charge is -2.35. The molecule has 2 aromatic rings. The van der Waals surface area contributed by atoms with Crippen LogP contribution in [0.15, 0.2) is 47.9 Å². The van der Waals surface area contributed by atoms with Gasteiger partial charge in [0.25, 0.3) is 0 Å². The van der Waals surface area contributed by atoms with Gasteiger partial charge in [0.05, 0.1) is 12.2 Å². The van der Waals surface area contributed by atoms with E-state index in [1.165, 1.54) is 5.56 Å². The largest absolute Gasteiger partial charge is 0.373 e. The minimum Gasteiger partial charge on any atom is -0.373 e. The lowest BCUT2D eigenvalue weighted by Crippen LogP contribution is -2.45. The van der Waals surface area contributed by atoms with Crippen LogP contribution < -0.4 is 5.32 Å². The summed E-state index contributed by atoms with van der Waals surface area (Å²) in [5, 5.41) is 4.99. The third-order valence-corrected chi connectivity index (χ3v) is 5.24. The summed E-state index contributed by atoms with van der Waals surface area (Å²) in [5.74, 6) is -0.0678. The molecule has 1 fully saturated rings. The summed E-state index contributed by atoms with van der Waals surface area (Å²) >= 11 is 1.62. The standard InChI is InChI=1S/C21H26N2O2S/c1-16-13-23(14-17(2)25-16)15-19-7-4-3-6-18(19)12-22-21(24)10-9-20-8-5-11-26-20/h3-11,16-17H,12-15H2,1-2H3,(H,22,24)/b10-9+. The van der Waals surface area contributed by atoms with Gasteiger partial charge in [-0.05, 0) is 42.5 Å². The number of benzene rings is 1. The average Bonchev–Trinajstić information content (AvgIpc) is 3.12. The fraction of sp³-hybridized carbons (Fsp3) is 0.381. The van der Waals surface area contributed by atoms with Crippen LogP contribution in [0.3, 0.4) is 0 Å². The van der Waals surface area contributed by atoms with Gasteiger partial charge in [0.1, 0.15) is 0 Å². The van der Waals surface area contributed by atoms with Crippen molar-refractivity contribution < 1.29 is 9.53 Å². The van der Waals surface area contributed by atoms with E-state index in [-0.39, 0.29) is 18.1 Å². The molecule has 0 radical (unpaired) electrons. The van der Waals surface area contributed by atoms with Crippen molar-refractivity contribution in [1.29, 1.82) is 0 Å². The minimum atomic E-state index is -0.0678. The van der Waals surface area contributed by atoms with E-state index in [1.807, 2.05) is 29.7 Å². The summed E-state index contributed by atoms with van der Waals surface area (Å²) in [5.41, 5.74) is 2.42. The topological polar surface area (TPSA) is 41.6 Å². The maximum absolute atomic E-state index is 12.1. The fourth-order valence-electron chi connectivity index (χ4n) is 3.32. The smallest absolute Gasteiger partial charge is 0.244 e. The van der Waals surface area contributed by atoms with Crippen molar-refractivity contribution >= 4 is 23.3 Å². The van der Waals surface area contributed by atoms with Gasteiger partial charge in [-0.15, -0.1) is 11.3 Å². The minimum absolute atomic E-state index is 0.0678. The molecule has 0 spiro atoms. The van der Waals surface area contributed by atoms with Crippen LogP contribution in [0.25, 0.3) is 6.08 Å². The fourth-order valence-corrected chi connectivity index (χ4v) is 3.94. The van der Waals surface area contributed by atoms with E-state index in [4.69, 9.17) is 4.74 Å². The van der Waals surface area contributed by atoms with Crippen molar-refractivity contribution in [2.24, 2.45) is 0 Å². The second kappa shape index (κ2) is 9.12. The first-order chi connectivity index (χ1) is 12.6. The SMILES string of the molecule is CC1CN(Cc2ccccc2CNC(=O)/C=C/c2cccs2)CC(C)O1. The summed E-state index contributed by atoms with van der Waals surface area (Å²) in [6.07, 6.45) is 3.96. The second-order valence-corrected chi connectivity index (χ2v) is 7.77. The Morgan fingerprint density at radius 2 is 1.92 bits per heavy atom. The van der Waals surface area contributed by atoms with Crippen LogP contribution in [-0.2, 0) is 22.6 Å². The number of carbonyl (C=O) groups excluding carboxylic acids is 1. The number of rotatable bonds is 6. The molecule has 1 N–H and O–H groups in total. The Bertz CT molecular complexity index is 732. The molecule has 1 amide bonds. The number of amides is 1. The maximum Gasteiger partial charge on any atom is 0.244 e. The van der Waals surface area contributed by atoms with E-state index in [9.17, 15) is 4.79 Å². The zero-order chi connectivity index (χ0) is 18.4. The molecule has 0 bridgehead atoms. The van der Waals surface area contributed by atoms with Gasteiger partial charge in [0, 0.05) is 37.1 Å². The Labute approximate surface area is 159 Å². The van der Waals surface area contributed by atoms with Gasteiger partial charge in [-0.2, -0.15) is 0 Å². The summed E-state index contributed by atoms with van der Waals surface area (Å²) in [6, 6.07) is 12.3. The second-order valence-electron chi connectivity index (χ2n) is 6.79. The highest BCUT2D eigenvalue weighted by molar-refractivity contribution is 7.10. The summed E-state index contributed by atoms with van der Waals surface area (Å²) in [6.45, 7) is 7.54. The van der Waals surface area contributed by atoms with Gasteiger partial charge < -0.3 is 10.1 Å². The highest BCUT2D eigenvalue weighted by Crippen LogP contribution is 2.17. The zero-order valence-electron chi connectivity index (χ0n) is 15.4. The molecule has 0 saturated carbocycles. The number of nitrogens with one attached hydrogen (secondary N) is 1. The number of hydrogen-bond acceptors (Lipinski definition) is 4. The van der Waals surface area contributed by atoms with E-state index in [0.29, 0.717) is 6.54 Å². The Morgan fingerprint density at radius 3 is 2.62 bits per heavy atom. The molecular formula is C21H26N2O2S. The monoisotopic (exact) mass is 370 g/mol. The third kappa shape index (κ3) is 5.53. The Kier molecular flexibility index (Phi) is 6.61. The normalized spacial score (nSPS) is 21.2. The molecule has 2 atom stereocenters. The van der Waals surface area contributed by atoms with Crippen molar-refractivity contribution in [1.82, 2.24) is 10.2 Å². The van der Waals surface area contributed by atoms with Gasteiger partial charge >= 0.3 is 0 Å². The Balaban J connectivity index is 1.57. The van der Waals surface area contributed by atoms with Crippen LogP contribution >= 0.6 is 11.3 Å². The summed E-state index contributed by atoms with van der Waals surface area (Å²) in [7, 11) is 0. The molecule has 26 heavy (non-hydrogen) atoms. The molecule has 138 valence electrons. The third-order valence-electron chi connectivity index (χ3n) is 4.40. The van der Waals surface area contributed by atoms with Crippen LogP contribution in [0.1, 0.15) is 29.9 Å². The molecule has 3 rings (SSSR count). The molecule has 2 unspecified atom stereocenters. The number of nitrogens with zero attached hydrogens (tertiary/aromatic N) is 1. The average molecular weight is 371 g/mol. The van der Waals surface area contributed by atoms with Crippen molar-refractivity contribution in [3.8, 4) is 0 Å². The predicted octanol–water partition coefficient (Wildman–Crippen LogP) is 3.69. The number of morpholine rings is 1. The predicted molar refractivity (Wildman–Crippen MR) is 107 cm³/mol. The van der Waals surface area contributed by atoms with E-state index >= 15 is 0 Å². The number of hydrogen-bond donors (Lipinski definition) is 1. The van der Waals surface area contributed by atoms with Gasteiger partial charge in [-0.25, -0.2) is 0 Å². The van der Waals surface area contributed by atoms with Crippen molar-refractivity contribution in [2.75, 3.05) is 13.1 Å². The lowest BCUT2D eigenvalue weighted by molar-refractivity contribution is -0.116. The van der Waals surface area contributed by atoms with Gasteiger partial charge in [0.2, 0.25) is 5.91 Å². The lowest BCUT2D eigenvalue weighted by atomic mass is 10.1. The molecule has 2 heterocycles. The first-order valence-electron chi connectivity index (χ1n) is 9.04. The first kappa shape index (κ1) is 18.8. The van der Waals surface area contributed by atoms with Gasteiger partial charge in [-0.1, -0.05) is 30.3 Å². The molecule has 4 nitrogen and oxygen atoms in total. The Hall–Kier alpha value is -1.95. The first-order valence-corrected chi connectivity index (χ1v) is 9.92. The van der Waals surface area contributed by atoms with Crippen molar-refractivity contribution in [2.45, 2.75) is 39.1 Å². The molecular weight excluding hydrogens is 344 g/mol. The zero-order valence-corrected chi connectivity index (χ0v) is 16.2. The number of thiophene rings is 1. The van der Waals surface area contributed by atoms with Gasteiger partial charge in [0.15, 0.2) is 0 Å². The quantitative estimate of drug-likeness (QED) is 0.789. The highest BCUT2D eigenvalue weighted by Gasteiger charge is 2.22. The van der Waals surface area contributed by atoms with E-state index in [2.05, 4.69) is 42.3 Å². The molecule has 1 aromatic heterocycles. The maximum atomic E-state index is 12.1. The molecule has 5 heteroatoms. The Morgan fingerprint density at radius 1 is 1.19 bits per heavy atom. The van der Waals surface area contributed by atoms with Crippen LogP contribution in [0, 0.1) is 0 Å². The van der Waals surface area contributed by atoms with Crippen LogP contribution in [0.4, 0.5) is 0 Å². The number of ether oxygens (including phenoxy) is 1. The molecule has 1 saturated heterocycles. The van der Waals surface area contributed by atoms with Crippen LogP contribution in [0.5, 0.6) is 0 Å². The van der Waals surface area contributed by atoms with Crippen molar-refractivity contribution in [3.05, 3.63) is 63.9 Å². The molecule has 1 aromatic carbocycles.